The molecule has 0 saturated carbocycles. The monoisotopic (exact) mass is 398 g/mol. The molecule has 29 heavy (non-hydrogen) atoms. The van der Waals surface area contributed by atoms with Crippen LogP contribution in [0.3, 0.4) is 0 Å². The lowest BCUT2D eigenvalue weighted by atomic mass is 10.1. The van der Waals surface area contributed by atoms with E-state index in [1.54, 1.807) is 26.0 Å². The highest BCUT2D eigenvalue weighted by Gasteiger charge is 2.26. The van der Waals surface area contributed by atoms with E-state index in [9.17, 15) is 9.59 Å². The van der Waals surface area contributed by atoms with Gasteiger partial charge in [-0.1, -0.05) is 42.5 Å². The Labute approximate surface area is 172 Å². The standard InChI is InChI=1S/C23H30N2O4/c1-18(23(27)24-14-7-15-28-2)25(17-20-10-12-21(29-3)13-11-20)22(26)16-19-8-5-4-6-9-19/h4-6,8-13,18H,7,14-17H2,1-3H3,(H,24,27)/t18-/m0/s1. The van der Waals surface area contributed by atoms with Gasteiger partial charge in [0, 0.05) is 26.8 Å². The van der Waals surface area contributed by atoms with E-state index in [1.807, 2.05) is 54.6 Å². The first-order valence-corrected chi connectivity index (χ1v) is 9.78. The van der Waals surface area contributed by atoms with Gasteiger partial charge in [0.2, 0.25) is 11.8 Å². The number of carbonyl (C=O) groups is 2. The summed E-state index contributed by atoms with van der Waals surface area (Å²) in [6.45, 7) is 3.21. The number of methoxy groups -OCH3 is 2. The minimum absolute atomic E-state index is 0.0911. The second-order valence-corrected chi connectivity index (χ2v) is 6.85. The van der Waals surface area contributed by atoms with Crippen molar-refractivity contribution in [3.8, 4) is 5.75 Å². The van der Waals surface area contributed by atoms with Gasteiger partial charge in [-0.15, -0.1) is 0 Å². The van der Waals surface area contributed by atoms with Gasteiger partial charge in [0.1, 0.15) is 11.8 Å². The van der Waals surface area contributed by atoms with Crippen LogP contribution in [0.1, 0.15) is 24.5 Å². The van der Waals surface area contributed by atoms with Gasteiger partial charge < -0.3 is 19.7 Å². The highest BCUT2D eigenvalue weighted by Crippen LogP contribution is 2.16. The van der Waals surface area contributed by atoms with Crippen LogP contribution >= 0.6 is 0 Å². The lowest BCUT2D eigenvalue weighted by Crippen LogP contribution is -2.48. The summed E-state index contributed by atoms with van der Waals surface area (Å²) in [5.41, 5.74) is 1.86. The Kier molecular flexibility index (Phi) is 9.18. The zero-order valence-corrected chi connectivity index (χ0v) is 17.4. The van der Waals surface area contributed by atoms with Crippen molar-refractivity contribution in [2.24, 2.45) is 0 Å². The van der Waals surface area contributed by atoms with Gasteiger partial charge in [-0.2, -0.15) is 0 Å². The molecule has 0 radical (unpaired) electrons. The van der Waals surface area contributed by atoms with Gasteiger partial charge in [-0.3, -0.25) is 9.59 Å². The molecule has 156 valence electrons. The molecule has 0 aromatic heterocycles. The van der Waals surface area contributed by atoms with Crippen molar-refractivity contribution in [2.45, 2.75) is 32.4 Å². The highest BCUT2D eigenvalue weighted by molar-refractivity contribution is 5.88. The average molecular weight is 399 g/mol. The van der Waals surface area contributed by atoms with Gasteiger partial charge in [-0.25, -0.2) is 0 Å². The van der Waals surface area contributed by atoms with Crippen LogP contribution in [0.25, 0.3) is 0 Å². The number of hydrogen-bond acceptors (Lipinski definition) is 4. The molecular weight excluding hydrogens is 368 g/mol. The number of benzene rings is 2. The van der Waals surface area contributed by atoms with E-state index in [-0.39, 0.29) is 18.2 Å². The molecule has 0 spiro atoms. The van der Waals surface area contributed by atoms with Gasteiger partial charge in [0.15, 0.2) is 0 Å². The second kappa shape index (κ2) is 11.9. The summed E-state index contributed by atoms with van der Waals surface area (Å²) in [4.78, 5) is 27.3. The van der Waals surface area contributed by atoms with Crippen LogP contribution in [0.5, 0.6) is 5.75 Å². The molecule has 0 fully saturated rings. The fraction of sp³-hybridized carbons (Fsp3) is 0.391. The van der Waals surface area contributed by atoms with Crippen molar-refractivity contribution in [2.75, 3.05) is 27.4 Å². The number of amides is 2. The molecule has 6 nitrogen and oxygen atoms in total. The third kappa shape index (κ3) is 7.23. The van der Waals surface area contributed by atoms with Crippen molar-refractivity contribution in [3.05, 3.63) is 65.7 Å². The van der Waals surface area contributed by atoms with Crippen molar-refractivity contribution in [1.82, 2.24) is 10.2 Å². The molecule has 0 saturated heterocycles. The van der Waals surface area contributed by atoms with Crippen LogP contribution in [0, 0.1) is 0 Å². The Morgan fingerprint density at radius 2 is 1.69 bits per heavy atom. The van der Waals surface area contributed by atoms with E-state index in [0.717, 1.165) is 23.3 Å². The third-order valence-electron chi connectivity index (χ3n) is 4.70. The van der Waals surface area contributed by atoms with Crippen LogP contribution in [0.15, 0.2) is 54.6 Å². The zero-order chi connectivity index (χ0) is 21.1. The number of carbonyl (C=O) groups excluding carboxylic acids is 2. The summed E-state index contributed by atoms with van der Waals surface area (Å²) >= 11 is 0. The molecule has 0 unspecified atom stereocenters. The van der Waals surface area contributed by atoms with Crippen LogP contribution in [-0.2, 0) is 27.3 Å². The topological polar surface area (TPSA) is 67.9 Å². The molecule has 2 amide bonds. The molecule has 0 aliphatic heterocycles. The number of ether oxygens (including phenoxy) is 2. The van der Waals surface area contributed by atoms with Gasteiger partial charge in [0.05, 0.1) is 13.5 Å². The molecule has 0 aliphatic rings. The molecule has 2 aromatic rings. The van der Waals surface area contributed by atoms with Crippen molar-refractivity contribution in [1.29, 1.82) is 0 Å². The first-order valence-electron chi connectivity index (χ1n) is 9.78. The lowest BCUT2D eigenvalue weighted by Gasteiger charge is -2.29. The third-order valence-corrected chi connectivity index (χ3v) is 4.70. The summed E-state index contributed by atoms with van der Waals surface area (Å²) < 4.78 is 10.2. The van der Waals surface area contributed by atoms with Crippen molar-refractivity contribution in [3.63, 3.8) is 0 Å². The Balaban J connectivity index is 2.12. The number of hydrogen-bond donors (Lipinski definition) is 1. The molecule has 6 heteroatoms. The Morgan fingerprint density at radius 1 is 1.00 bits per heavy atom. The molecule has 0 heterocycles. The molecule has 2 aromatic carbocycles. The fourth-order valence-corrected chi connectivity index (χ4v) is 2.96. The minimum Gasteiger partial charge on any atom is -0.497 e. The minimum atomic E-state index is -0.587. The van der Waals surface area contributed by atoms with Crippen LogP contribution < -0.4 is 10.1 Å². The zero-order valence-electron chi connectivity index (χ0n) is 17.4. The smallest absolute Gasteiger partial charge is 0.242 e. The first kappa shape index (κ1) is 22.4. The van der Waals surface area contributed by atoms with Crippen LogP contribution in [0.4, 0.5) is 0 Å². The van der Waals surface area contributed by atoms with E-state index >= 15 is 0 Å². The van der Waals surface area contributed by atoms with Crippen molar-refractivity contribution >= 4 is 11.8 Å². The van der Waals surface area contributed by atoms with Gasteiger partial charge in [0.25, 0.3) is 0 Å². The summed E-state index contributed by atoms with van der Waals surface area (Å²) in [6.07, 6.45) is 0.976. The van der Waals surface area contributed by atoms with E-state index in [1.165, 1.54) is 0 Å². The summed E-state index contributed by atoms with van der Waals surface area (Å²) in [7, 11) is 3.24. The number of nitrogens with zero attached hydrogens (tertiary/aromatic N) is 1. The van der Waals surface area contributed by atoms with E-state index in [4.69, 9.17) is 9.47 Å². The summed E-state index contributed by atoms with van der Waals surface area (Å²) in [5.74, 6) is 0.488. The second-order valence-electron chi connectivity index (χ2n) is 6.85. The summed E-state index contributed by atoms with van der Waals surface area (Å²) in [5, 5.41) is 2.89. The van der Waals surface area contributed by atoms with Crippen molar-refractivity contribution < 1.29 is 19.1 Å². The fourth-order valence-electron chi connectivity index (χ4n) is 2.96. The largest absolute Gasteiger partial charge is 0.497 e. The Morgan fingerprint density at radius 3 is 2.31 bits per heavy atom. The molecular formula is C23H30N2O4. The molecule has 0 aliphatic carbocycles. The maximum absolute atomic E-state index is 13.1. The predicted molar refractivity (Wildman–Crippen MR) is 113 cm³/mol. The van der Waals surface area contributed by atoms with E-state index < -0.39 is 6.04 Å². The number of nitrogens with one attached hydrogen (secondary N) is 1. The first-order chi connectivity index (χ1) is 14.0. The predicted octanol–water partition coefficient (Wildman–Crippen LogP) is 2.81. The molecule has 1 N–H and O–H groups in total. The average Bonchev–Trinajstić information content (AvgIpc) is 2.75. The van der Waals surface area contributed by atoms with Gasteiger partial charge >= 0.3 is 0 Å². The van der Waals surface area contributed by atoms with E-state index in [0.29, 0.717) is 19.7 Å². The molecule has 0 bridgehead atoms. The van der Waals surface area contributed by atoms with Crippen LogP contribution in [0.2, 0.25) is 0 Å². The lowest BCUT2D eigenvalue weighted by molar-refractivity contribution is -0.140. The maximum Gasteiger partial charge on any atom is 0.242 e. The normalized spacial score (nSPS) is 11.6. The van der Waals surface area contributed by atoms with Gasteiger partial charge in [-0.05, 0) is 36.6 Å². The Hall–Kier alpha value is -2.86. The highest BCUT2D eigenvalue weighted by atomic mass is 16.5. The Bertz CT molecular complexity index is 762. The van der Waals surface area contributed by atoms with E-state index in [2.05, 4.69) is 5.32 Å². The quantitative estimate of drug-likeness (QED) is 0.591. The maximum atomic E-state index is 13.1. The summed E-state index contributed by atoms with van der Waals surface area (Å²) in [6, 6.07) is 16.5. The molecule has 2 rings (SSSR count). The SMILES string of the molecule is COCCCNC(=O)[C@H](C)N(Cc1ccc(OC)cc1)C(=O)Cc1ccccc1. The number of rotatable bonds is 11. The van der Waals surface area contributed by atoms with Crippen LogP contribution in [-0.4, -0.2) is 50.1 Å². The molecule has 1 atom stereocenters.